The second-order valence-electron chi connectivity index (χ2n) is 5.45. The van der Waals surface area contributed by atoms with Crippen molar-refractivity contribution < 1.29 is 0 Å². The third-order valence-corrected chi connectivity index (χ3v) is 3.21. The van der Waals surface area contributed by atoms with E-state index in [2.05, 4.69) is 12.1 Å². The van der Waals surface area contributed by atoms with Gasteiger partial charge in [0, 0.05) is 19.2 Å². The molecule has 0 saturated heterocycles. The van der Waals surface area contributed by atoms with Gasteiger partial charge in [0.05, 0.1) is 17.6 Å². The van der Waals surface area contributed by atoms with Crippen LogP contribution in [0.15, 0.2) is 30.3 Å². The second-order valence-corrected chi connectivity index (χ2v) is 5.45. The van der Waals surface area contributed by atoms with Gasteiger partial charge in [0.2, 0.25) is 0 Å². The first-order valence-electron chi connectivity index (χ1n) is 5.96. The number of para-hydroxylation sites is 1. The average Bonchev–Trinajstić information content (AvgIpc) is 2.38. The third-order valence-electron chi connectivity index (χ3n) is 3.21. The van der Waals surface area contributed by atoms with Gasteiger partial charge in [-0.25, -0.2) is 0 Å². The van der Waals surface area contributed by atoms with E-state index >= 15 is 0 Å². The Morgan fingerprint density at radius 3 is 2.06 bits per heavy atom. The van der Waals surface area contributed by atoms with E-state index in [1.807, 2.05) is 63.1 Å². The number of benzene rings is 1. The molecule has 0 radical (unpaired) electrons. The molecule has 0 bridgehead atoms. The minimum Gasteiger partial charge on any atom is -0.357 e. The molecule has 0 saturated carbocycles. The highest BCUT2D eigenvalue weighted by Gasteiger charge is 2.36. The molecule has 1 rings (SSSR count). The van der Waals surface area contributed by atoms with Crippen molar-refractivity contribution in [3.8, 4) is 12.1 Å². The maximum absolute atomic E-state index is 9.47. The molecule has 1 atom stereocenters. The zero-order chi connectivity index (χ0) is 13.8. The Labute approximate surface area is 109 Å². The van der Waals surface area contributed by atoms with Crippen LogP contribution in [-0.2, 0) is 0 Å². The molecule has 18 heavy (non-hydrogen) atoms. The minimum atomic E-state index is -0.694. The van der Waals surface area contributed by atoms with Gasteiger partial charge in [0.15, 0.2) is 0 Å². The van der Waals surface area contributed by atoms with Crippen molar-refractivity contribution in [3.05, 3.63) is 30.3 Å². The maximum atomic E-state index is 9.47. The standard InChI is InChI=1S/C15H19N3/c1-14(2,11-16)10-15(3,12-17)18(4)13-8-6-5-7-9-13/h5-9H,10H2,1-4H3. The van der Waals surface area contributed by atoms with E-state index in [-0.39, 0.29) is 0 Å². The van der Waals surface area contributed by atoms with Crippen LogP contribution in [0.3, 0.4) is 0 Å². The van der Waals surface area contributed by atoms with Crippen LogP contribution in [0.5, 0.6) is 0 Å². The van der Waals surface area contributed by atoms with Crippen molar-refractivity contribution in [2.24, 2.45) is 5.41 Å². The first-order chi connectivity index (χ1) is 8.34. The molecule has 0 aromatic heterocycles. The number of hydrogen-bond donors (Lipinski definition) is 0. The Balaban J connectivity index is 3.04. The molecule has 0 spiro atoms. The summed E-state index contributed by atoms with van der Waals surface area (Å²) in [6.45, 7) is 5.60. The van der Waals surface area contributed by atoms with Crippen molar-refractivity contribution >= 4 is 5.69 Å². The van der Waals surface area contributed by atoms with Crippen molar-refractivity contribution in [2.75, 3.05) is 11.9 Å². The number of rotatable bonds is 4. The van der Waals surface area contributed by atoms with Crippen LogP contribution in [0.1, 0.15) is 27.2 Å². The number of anilines is 1. The van der Waals surface area contributed by atoms with Gasteiger partial charge < -0.3 is 4.90 Å². The van der Waals surface area contributed by atoms with Crippen molar-refractivity contribution in [1.82, 2.24) is 0 Å². The lowest BCUT2D eigenvalue weighted by Gasteiger charge is -2.38. The van der Waals surface area contributed by atoms with Crippen molar-refractivity contribution in [1.29, 1.82) is 10.5 Å². The van der Waals surface area contributed by atoms with Crippen LogP contribution in [0, 0.1) is 28.1 Å². The first kappa shape index (κ1) is 14.1. The van der Waals surface area contributed by atoms with Gasteiger partial charge in [-0.05, 0) is 32.9 Å². The van der Waals surface area contributed by atoms with Gasteiger partial charge >= 0.3 is 0 Å². The largest absolute Gasteiger partial charge is 0.357 e. The molecule has 94 valence electrons. The zero-order valence-corrected chi connectivity index (χ0v) is 11.4. The molecular formula is C15H19N3. The van der Waals surface area contributed by atoms with Crippen LogP contribution in [0.4, 0.5) is 5.69 Å². The molecule has 1 aromatic carbocycles. The highest BCUT2D eigenvalue weighted by Crippen LogP contribution is 2.33. The molecule has 0 fully saturated rings. The topological polar surface area (TPSA) is 50.8 Å². The second kappa shape index (κ2) is 5.10. The fourth-order valence-corrected chi connectivity index (χ4v) is 2.07. The predicted molar refractivity (Wildman–Crippen MR) is 72.9 cm³/mol. The number of nitriles is 2. The molecule has 0 amide bonds. The summed E-state index contributed by atoms with van der Waals surface area (Å²) in [5.74, 6) is 0. The highest BCUT2D eigenvalue weighted by molar-refractivity contribution is 5.50. The van der Waals surface area contributed by atoms with Gasteiger partial charge in [0.25, 0.3) is 0 Å². The van der Waals surface area contributed by atoms with Gasteiger partial charge in [-0.2, -0.15) is 10.5 Å². The zero-order valence-electron chi connectivity index (χ0n) is 11.4. The SMILES string of the molecule is CN(c1ccccc1)C(C)(C#N)CC(C)(C)C#N. The summed E-state index contributed by atoms with van der Waals surface area (Å²) in [5, 5.41) is 18.6. The van der Waals surface area contributed by atoms with Gasteiger partial charge in [-0.1, -0.05) is 18.2 Å². The average molecular weight is 241 g/mol. The summed E-state index contributed by atoms with van der Waals surface area (Å²) in [5.41, 5.74) is -0.232. The smallest absolute Gasteiger partial charge is 0.126 e. The molecule has 1 unspecified atom stereocenters. The van der Waals surface area contributed by atoms with Crippen molar-refractivity contribution in [2.45, 2.75) is 32.7 Å². The van der Waals surface area contributed by atoms with Crippen LogP contribution < -0.4 is 4.90 Å². The van der Waals surface area contributed by atoms with E-state index in [0.29, 0.717) is 6.42 Å². The van der Waals surface area contributed by atoms with Crippen LogP contribution in [0.2, 0.25) is 0 Å². The monoisotopic (exact) mass is 241 g/mol. The quantitative estimate of drug-likeness (QED) is 0.812. The molecule has 0 aliphatic heterocycles. The summed E-state index contributed by atoms with van der Waals surface area (Å²) < 4.78 is 0. The summed E-state index contributed by atoms with van der Waals surface area (Å²) in [6.07, 6.45) is 0.498. The van der Waals surface area contributed by atoms with Gasteiger partial charge in [0.1, 0.15) is 5.54 Å². The van der Waals surface area contributed by atoms with Crippen LogP contribution >= 0.6 is 0 Å². The Morgan fingerprint density at radius 1 is 1.06 bits per heavy atom. The van der Waals surface area contributed by atoms with E-state index < -0.39 is 11.0 Å². The Hall–Kier alpha value is -2.00. The molecule has 0 aliphatic rings. The van der Waals surface area contributed by atoms with E-state index in [0.717, 1.165) is 5.69 Å². The third kappa shape index (κ3) is 3.02. The lowest BCUT2D eigenvalue weighted by atomic mass is 9.80. The minimum absolute atomic E-state index is 0.498. The number of nitrogens with zero attached hydrogens (tertiary/aromatic N) is 3. The summed E-state index contributed by atoms with van der Waals surface area (Å²) in [6, 6.07) is 14.4. The normalized spacial score (nSPS) is 14.1. The predicted octanol–water partition coefficient (Wildman–Crippen LogP) is 3.34. The molecule has 0 N–H and O–H groups in total. The molecular weight excluding hydrogens is 222 g/mol. The van der Waals surface area contributed by atoms with E-state index in [4.69, 9.17) is 5.26 Å². The van der Waals surface area contributed by atoms with E-state index in [1.165, 1.54) is 0 Å². The van der Waals surface area contributed by atoms with Crippen LogP contribution in [0.25, 0.3) is 0 Å². The number of hydrogen-bond acceptors (Lipinski definition) is 3. The summed E-state index contributed by atoms with van der Waals surface area (Å²) >= 11 is 0. The lowest BCUT2D eigenvalue weighted by molar-refractivity contribution is 0.355. The molecule has 0 aliphatic carbocycles. The van der Waals surface area contributed by atoms with E-state index in [9.17, 15) is 5.26 Å². The Kier molecular flexibility index (Phi) is 3.99. The fraction of sp³-hybridized carbons (Fsp3) is 0.467. The highest BCUT2D eigenvalue weighted by atomic mass is 15.2. The van der Waals surface area contributed by atoms with Gasteiger partial charge in [-0.15, -0.1) is 0 Å². The maximum Gasteiger partial charge on any atom is 0.126 e. The van der Waals surface area contributed by atoms with Crippen molar-refractivity contribution in [3.63, 3.8) is 0 Å². The lowest BCUT2D eigenvalue weighted by Crippen LogP contribution is -2.45. The van der Waals surface area contributed by atoms with Crippen LogP contribution in [-0.4, -0.2) is 12.6 Å². The fourth-order valence-electron chi connectivity index (χ4n) is 2.07. The summed E-state index contributed by atoms with van der Waals surface area (Å²) in [4.78, 5) is 1.94. The van der Waals surface area contributed by atoms with Gasteiger partial charge in [-0.3, -0.25) is 0 Å². The Morgan fingerprint density at radius 2 is 1.61 bits per heavy atom. The molecule has 3 nitrogen and oxygen atoms in total. The molecule has 1 aromatic rings. The van der Waals surface area contributed by atoms with E-state index in [1.54, 1.807) is 0 Å². The molecule has 3 heteroatoms. The first-order valence-corrected chi connectivity index (χ1v) is 5.96. The Bertz CT molecular complexity index is 479. The summed E-state index contributed by atoms with van der Waals surface area (Å²) in [7, 11) is 1.89. The molecule has 0 heterocycles.